The Morgan fingerprint density at radius 1 is 1.40 bits per heavy atom. The molecule has 0 amide bonds. The van der Waals surface area contributed by atoms with Crippen molar-refractivity contribution >= 4 is 0 Å². The van der Waals surface area contributed by atoms with Gasteiger partial charge in [0.2, 0.25) is 0 Å². The van der Waals surface area contributed by atoms with Gasteiger partial charge in [0.1, 0.15) is 5.75 Å². The predicted molar refractivity (Wildman–Crippen MR) is 62.0 cm³/mol. The lowest BCUT2D eigenvalue weighted by Crippen LogP contribution is -2.12. The average Bonchev–Trinajstić information content (AvgIpc) is 2.25. The van der Waals surface area contributed by atoms with Crippen LogP contribution in [0.5, 0.6) is 5.75 Å². The van der Waals surface area contributed by atoms with Crippen molar-refractivity contribution in [1.29, 1.82) is 0 Å². The largest absolute Gasteiger partial charge is 0.491 e. The van der Waals surface area contributed by atoms with Crippen LogP contribution in [0.1, 0.15) is 32.3 Å². The van der Waals surface area contributed by atoms with Crippen molar-refractivity contribution < 1.29 is 4.74 Å². The maximum Gasteiger partial charge on any atom is 0.141 e. The van der Waals surface area contributed by atoms with E-state index in [0.717, 1.165) is 17.9 Å². The Morgan fingerprint density at radius 3 is 2.73 bits per heavy atom. The minimum Gasteiger partial charge on any atom is -0.491 e. The molecule has 0 radical (unpaired) electrons. The molecule has 0 saturated heterocycles. The summed E-state index contributed by atoms with van der Waals surface area (Å²) < 4.78 is 5.70. The Balaban J connectivity index is 2.77. The molecule has 0 bridgehead atoms. The highest BCUT2D eigenvalue weighted by atomic mass is 16.5. The summed E-state index contributed by atoms with van der Waals surface area (Å²) in [6.45, 7) is 7.69. The van der Waals surface area contributed by atoms with Crippen molar-refractivity contribution in [2.45, 2.75) is 26.7 Å². The van der Waals surface area contributed by atoms with Gasteiger partial charge in [0.15, 0.2) is 0 Å². The highest BCUT2D eigenvalue weighted by Gasteiger charge is 2.10. The monoisotopic (exact) mass is 208 g/mol. The molecule has 0 aliphatic heterocycles. The SMILES string of the molecule is CC(C)COc1cnccc1C(C)CN. The highest BCUT2D eigenvalue weighted by molar-refractivity contribution is 5.33. The molecule has 0 aliphatic rings. The van der Waals surface area contributed by atoms with Crippen LogP contribution >= 0.6 is 0 Å². The van der Waals surface area contributed by atoms with E-state index in [0.29, 0.717) is 18.4 Å². The van der Waals surface area contributed by atoms with E-state index in [1.54, 1.807) is 12.4 Å². The molecule has 1 rings (SSSR count). The molecule has 3 nitrogen and oxygen atoms in total. The van der Waals surface area contributed by atoms with Gasteiger partial charge < -0.3 is 10.5 Å². The molecule has 0 fully saturated rings. The number of rotatable bonds is 5. The molecular weight excluding hydrogens is 188 g/mol. The van der Waals surface area contributed by atoms with Gasteiger partial charge in [-0.15, -0.1) is 0 Å². The predicted octanol–water partition coefficient (Wildman–Crippen LogP) is 2.18. The fraction of sp³-hybridized carbons (Fsp3) is 0.583. The first-order valence-electron chi connectivity index (χ1n) is 5.42. The lowest BCUT2D eigenvalue weighted by Gasteiger charge is -2.15. The van der Waals surface area contributed by atoms with Crippen LogP contribution in [0.25, 0.3) is 0 Å². The van der Waals surface area contributed by atoms with Crippen molar-refractivity contribution in [3.63, 3.8) is 0 Å². The second-order valence-corrected chi connectivity index (χ2v) is 4.26. The second kappa shape index (κ2) is 5.71. The summed E-state index contributed by atoms with van der Waals surface area (Å²) in [6, 6.07) is 1.98. The number of ether oxygens (including phenoxy) is 1. The van der Waals surface area contributed by atoms with Crippen molar-refractivity contribution in [1.82, 2.24) is 4.98 Å². The van der Waals surface area contributed by atoms with Crippen LogP contribution in [0.4, 0.5) is 0 Å². The summed E-state index contributed by atoms with van der Waals surface area (Å²) in [6.07, 6.45) is 3.55. The molecule has 1 aromatic heterocycles. The maximum atomic E-state index is 5.70. The maximum absolute atomic E-state index is 5.70. The third-order valence-corrected chi connectivity index (χ3v) is 2.27. The van der Waals surface area contributed by atoms with Crippen LogP contribution in [0, 0.1) is 5.92 Å². The van der Waals surface area contributed by atoms with Gasteiger partial charge in [-0.1, -0.05) is 20.8 Å². The van der Waals surface area contributed by atoms with E-state index < -0.39 is 0 Å². The van der Waals surface area contributed by atoms with Gasteiger partial charge in [0, 0.05) is 11.8 Å². The normalized spacial score (nSPS) is 12.9. The van der Waals surface area contributed by atoms with Gasteiger partial charge in [0.05, 0.1) is 12.8 Å². The molecule has 1 unspecified atom stereocenters. The Bertz CT molecular complexity index is 299. The van der Waals surface area contributed by atoms with Crippen molar-refractivity contribution in [2.75, 3.05) is 13.2 Å². The lowest BCUT2D eigenvalue weighted by atomic mass is 10.0. The average molecular weight is 208 g/mol. The standard InChI is InChI=1S/C12H20N2O/c1-9(2)8-15-12-7-14-5-4-11(12)10(3)6-13/h4-5,7,9-10H,6,8,13H2,1-3H3. The topological polar surface area (TPSA) is 48.1 Å². The minimum absolute atomic E-state index is 0.315. The molecule has 0 spiro atoms. The van der Waals surface area contributed by atoms with Gasteiger partial charge in [0.25, 0.3) is 0 Å². The highest BCUT2D eigenvalue weighted by Crippen LogP contribution is 2.24. The Labute approximate surface area is 91.7 Å². The van der Waals surface area contributed by atoms with Gasteiger partial charge >= 0.3 is 0 Å². The lowest BCUT2D eigenvalue weighted by molar-refractivity contribution is 0.266. The van der Waals surface area contributed by atoms with Crippen molar-refractivity contribution in [3.8, 4) is 5.75 Å². The van der Waals surface area contributed by atoms with Gasteiger partial charge in [-0.2, -0.15) is 0 Å². The summed E-state index contributed by atoms with van der Waals surface area (Å²) >= 11 is 0. The van der Waals surface area contributed by atoms with E-state index in [-0.39, 0.29) is 0 Å². The Morgan fingerprint density at radius 2 is 2.13 bits per heavy atom. The molecule has 1 aromatic rings. The molecule has 1 heterocycles. The summed E-state index contributed by atoms with van der Waals surface area (Å²) in [5, 5.41) is 0. The fourth-order valence-corrected chi connectivity index (χ4v) is 1.30. The van der Waals surface area contributed by atoms with E-state index >= 15 is 0 Å². The molecular formula is C12H20N2O. The molecule has 1 atom stereocenters. The van der Waals surface area contributed by atoms with Gasteiger partial charge in [-0.05, 0) is 24.4 Å². The number of pyridine rings is 1. The number of aromatic nitrogens is 1. The van der Waals surface area contributed by atoms with Crippen LogP contribution in [0.3, 0.4) is 0 Å². The summed E-state index contributed by atoms with van der Waals surface area (Å²) in [7, 11) is 0. The second-order valence-electron chi connectivity index (χ2n) is 4.26. The molecule has 84 valence electrons. The molecule has 3 heteroatoms. The Kier molecular flexibility index (Phi) is 4.56. The molecule has 2 N–H and O–H groups in total. The van der Waals surface area contributed by atoms with Gasteiger partial charge in [-0.25, -0.2) is 0 Å². The Hall–Kier alpha value is -1.09. The van der Waals surface area contributed by atoms with Crippen molar-refractivity contribution in [3.05, 3.63) is 24.0 Å². The zero-order chi connectivity index (χ0) is 11.3. The molecule has 0 aromatic carbocycles. The van der Waals surface area contributed by atoms with E-state index in [2.05, 4.69) is 25.8 Å². The first-order valence-corrected chi connectivity index (χ1v) is 5.42. The molecule has 0 aliphatic carbocycles. The minimum atomic E-state index is 0.315. The van der Waals surface area contributed by atoms with E-state index in [4.69, 9.17) is 10.5 Å². The number of nitrogens with zero attached hydrogens (tertiary/aromatic N) is 1. The van der Waals surface area contributed by atoms with Gasteiger partial charge in [-0.3, -0.25) is 4.98 Å². The van der Waals surface area contributed by atoms with E-state index in [1.807, 2.05) is 6.07 Å². The van der Waals surface area contributed by atoms with Crippen LogP contribution < -0.4 is 10.5 Å². The fourth-order valence-electron chi connectivity index (χ4n) is 1.30. The number of nitrogens with two attached hydrogens (primary N) is 1. The van der Waals surface area contributed by atoms with Crippen LogP contribution in [-0.4, -0.2) is 18.1 Å². The summed E-state index contributed by atoms with van der Waals surface area (Å²) in [5.41, 5.74) is 6.80. The first kappa shape index (κ1) is 12.0. The third kappa shape index (κ3) is 3.51. The number of hydrogen-bond donors (Lipinski definition) is 1. The summed E-state index contributed by atoms with van der Waals surface area (Å²) in [4.78, 5) is 4.07. The quantitative estimate of drug-likeness (QED) is 0.806. The smallest absolute Gasteiger partial charge is 0.141 e. The number of hydrogen-bond acceptors (Lipinski definition) is 3. The third-order valence-electron chi connectivity index (χ3n) is 2.27. The van der Waals surface area contributed by atoms with Crippen molar-refractivity contribution in [2.24, 2.45) is 11.7 Å². The van der Waals surface area contributed by atoms with Crippen LogP contribution in [-0.2, 0) is 0 Å². The van der Waals surface area contributed by atoms with Crippen LogP contribution in [0.15, 0.2) is 18.5 Å². The van der Waals surface area contributed by atoms with Crippen LogP contribution in [0.2, 0.25) is 0 Å². The first-order chi connectivity index (χ1) is 7.15. The molecule has 15 heavy (non-hydrogen) atoms. The zero-order valence-corrected chi connectivity index (χ0v) is 9.73. The van der Waals surface area contributed by atoms with E-state index in [1.165, 1.54) is 0 Å². The molecule has 0 saturated carbocycles. The zero-order valence-electron chi connectivity index (χ0n) is 9.73. The summed E-state index contributed by atoms with van der Waals surface area (Å²) in [5.74, 6) is 1.70. The van der Waals surface area contributed by atoms with E-state index in [9.17, 15) is 0 Å².